The number of nitrogen functional groups attached to an aromatic ring is 1. The lowest BCUT2D eigenvalue weighted by Crippen LogP contribution is -2.37. The molecule has 0 saturated carbocycles. The minimum atomic E-state index is -3.71. The zero-order valence-corrected chi connectivity index (χ0v) is 12.5. The molecule has 1 heterocycles. The van der Waals surface area contributed by atoms with Crippen molar-refractivity contribution in [1.29, 1.82) is 0 Å². The summed E-state index contributed by atoms with van der Waals surface area (Å²) in [6.07, 6.45) is 1.59. The smallest absolute Gasteiger partial charge is 0.294 e. The van der Waals surface area contributed by atoms with Crippen LogP contribution in [0.25, 0.3) is 0 Å². The van der Waals surface area contributed by atoms with E-state index in [4.69, 9.17) is 5.84 Å². The van der Waals surface area contributed by atoms with Crippen molar-refractivity contribution in [2.24, 2.45) is 11.8 Å². The lowest BCUT2D eigenvalue weighted by molar-refractivity contribution is -0.384. The summed E-state index contributed by atoms with van der Waals surface area (Å²) in [5.74, 6) is 5.69. The Hall–Kier alpha value is -1.71. The highest BCUT2D eigenvalue weighted by Gasteiger charge is 2.29. The normalized spacial score (nSPS) is 17.6. The molecule has 1 saturated heterocycles. The summed E-state index contributed by atoms with van der Waals surface area (Å²) in [6, 6.07) is 3.68. The van der Waals surface area contributed by atoms with Gasteiger partial charge in [0, 0.05) is 19.2 Å². The molecule has 0 aromatic heterocycles. The third kappa shape index (κ3) is 3.14. The van der Waals surface area contributed by atoms with Crippen molar-refractivity contribution in [3.05, 3.63) is 28.3 Å². The van der Waals surface area contributed by atoms with Gasteiger partial charge in [-0.3, -0.25) is 16.0 Å². The van der Waals surface area contributed by atoms with Crippen LogP contribution in [0.15, 0.2) is 23.1 Å². The Morgan fingerprint density at radius 3 is 2.52 bits per heavy atom. The molecule has 0 unspecified atom stereocenters. The van der Waals surface area contributed by atoms with Crippen molar-refractivity contribution < 1.29 is 13.3 Å². The van der Waals surface area contributed by atoms with Crippen molar-refractivity contribution in [2.45, 2.75) is 24.7 Å². The molecule has 1 aromatic rings. The second kappa shape index (κ2) is 5.96. The van der Waals surface area contributed by atoms with E-state index in [2.05, 4.69) is 12.3 Å². The molecule has 0 aliphatic carbocycles. The molecule has 1 fully saturated rings. The van der Waals surface area contributed by atoms with Gasteiger partial charge in [-0.2, -0.15) is 4.31 Å². The number of benzene rings is 1. The van der Waals surface area contributed by atoms with Crippen molar-refractivity contribution in [1.82, 2.24) is 4.31 Å². The van der Waals surface area contributed by atoms with E-state index in [1.807, 2.05) is 0 Å². The molecule has 21 heavy (non-hydrogen) atoms. The molecule has 0 radical (unpaired) electrons. The average Bonchev–Trinajstić information content (AvgIpc) is 2.46. The Bertz CT molecular complexity index is 639. The van der Waals surface area contributed by atoms with Crippen LogP contribution in [0.2, 0.25) is 0 Å². The first kappa shape index (κ1) is 15.7. The first-order valence-corrected chi connectivity index (χ1v) is 8.05. The monoisotopic (exact) mass is 314 g/mol. The van der Waals surface area contributed by atoms with Crippen LogP contribution in [-0.2, 0) is 10.0 Å². The summed E-state index contributed by atoms with van der Waals surface area (Å²) < 4.78 is 26.4. The maximum absolute atomic E-state index is 12.5. The van der Waals surface area contributed by atoms with Crippen LogP contribution >= 0.6 is 0 Å². The van der Waals surface area contributed by atoms with Crippen LogP contribution in [0.1, 0.15) is 19.8 Å². The number of hydrazine groups is 1. The topological polar surface area (TPSA) is 119 Å². The number of nitrogens with zero attached hydrogens (tertiary/aromatic N) is 2. The molecule has 0 amide bonds. The SMILES string of the molecule is CC1CCN(S(=O)(=O)c2ccc(NN)c([N+](=O)[O-])c2)CC1. The van der Waals surface area contributed by atoms with E-state index in [1.165, 1.54) is 16.4 Å². The van der Waals surface area contributed by atoms with E-state index in [0.29, 0.717) is 19.0 Å². The highest BCUT2D eigenvalue weighted by molar-refractivity contribution is 7.89. The molecule has 1 aliphatic heterocycles. The summed E-state index contributed by atoms with van der Waals surface area (Å²) in [5, 5.41) is 11.0. The standard InChI is InChI=1S/C12H18N4O4S/c1-9-4-6-15(7-5-9)21(19,20)10-2-3-11(14-13)12(8-10)16(17)18/h2-3,8-9,14H,4-7,13H2,1H3. The van der Waals surface area contributed by atoms with Crippen LogP contribution in [0, 0.1) is 16.0 Å². The third-order valence-corrected chi connectivity index (χ3v) is 5.60. The second-order valence-corrected chi connectivity index (χ2v) is 7.10. The van der Waals surface area contributed by atoms with Gasteiger partial charge >= 0.3 is 0 Å². The summed E-state index contributed by atoms with van der Waals surface area (Å²) >= 11 is 0. The zero-order chi connectivity index (χ0) is 15.6. The zero-order valence-electron chi connectivity index (χ0n) is 11.7. The third-order valence-electron chi connectivity index (χ3n) is 3.70. The van der Waals surface area contributed by atoms with E-state index < -0.39 is 14.9 Å². The van der Waals surface area contributed by atoms with E-state index >= 15 is 0 Å². The Morgan fingerprint density at radius 2 is 2.00 bits per heavy atom. The van der Waals surface area contributed by atoms with Gasteiger partial charge < -0.3 is 5.43 Å². The second-order valence-electron chi connectivity index (χ2n) is 5.17. The van der Waals surface area contributed by atoms with Crippen LogP contribution in [-0.4, -0.2) is 30.7 Å². The average molecular weight is 314 g/mol. The summed E-state index contributed by atoms with van der Waals surface area (Å²) in [5.41, 5.74) is 1.91. The highest BCUT2D eigenvalue weighted by Crippen LogP contribution is 2.29. The number of nitrogens with two attached hydrogens (primary N) is 1. The molecule has 0 spiro atoms. The quantitative estimate of drug-likeness (QED) is 0.491. The lowest BCUT2D eigenvalue weighted by Gasteiger charge is -2.29. The van der Waals surface area contributed by atoms with E-state index in [0.717, 1.165) is 18.9 Å². The van der Waals surface area contributed by atoms with Gasteiger partial charge in [0.05, 0.1) is 9.82 Å². The minimum absolute atomic E-state index is 0.0752. The largest absolute Gasteiger partial charge is 0.318 e. The summed E-state index contributed by atoms with van der Waals surface area (Å²) in [6.45, 7) is 2.96. The van der Waals surface area contributed by atoms with Crippen LogP contribution < -0.4 is 11.3 Å². The maximum atomic E-state index is 12.5. The molecular formula is C12H18N4O4S. The predicted molar refractivity (Wildman–Crippen MR) is 78.1 cm³/mol. The summed E-state index contributed by atoms with van der Waals surface area (Å²) in [7, 11) is -3.71. The van der Waals surface area contributed by atoms with Crippen LogP contribution in [0.3, 0.4) is 0 Å². The predicted octanol–water partition coefficient (Wildman–Crippen LogP) is 1.30. The molecule has 116 valence electrons. The number of piperidine rings is 1. The molecule has 8 nitrogen and oxygen atoms in total. The van der Waals surface area contributed by atoms with Crippen molar-refractivity contribution in [3.63, 3.8) is 0 Å². The fourth-order valence-corrected chi connectivity index (χ4v) is 3.81. The number of nitro groups is 1. The summed E-state index contributed by atoms with van der Waals surface area (Å²) in [4.78, 5) is 10.2. The molecule has 9 heteroatoms. The highest BCUT2D eigenvalue weighted by atomic mass is 32.2. The van der Waals surface area contributed by atoms with Crippen molar-refractivity contribution in [2.75, 3.05) is 18.5 Å². The fraction of sp³-hybridized carbons (Fsp3) is 0.500. The Morgan fingerprint density at radius 1 is 1.38 bits per heavy atom. The number of anilines is 1. The van der Waals surface area contributed by atoms with Gasteiger partial charge in [-0.1, -0.05) is 6.92 Å². The lowest BCUT2D eigenvalue weighted by atomic mass is 10.0. The first-order chi connectivity index (χ1) is 9.86. The number of rotatable bonds is 4. The molecule has 1 aromatic carbocycles. The van der Waals surface area contributed by atoms with Crippen molar-refractivity contribution >= 4 is 21.4 Å². The van der Waals surface area contributed by atoms with Gasteiger partial charge in [-0.05, 0) is 30.9 Å². The number of hydrogen-bond acceptors (Lipinski definition) is 6. The molecule has 0 bridgehead atoms. The Labute approximate surface area is 123 Å². The van der Waals surface area contributed by atoms with E-state index in [1.54, 1.807) is 0 Å². The van der Waals surface area contributed by atoms with Gasteiger partial charge in [0.1, 0.15) is 5.69 Å². The van der Waals surface area contributed by atoms with Gasteiger partial charge in [-0.25, -0.2) is 8.42 Å². The number of hydrogen-bond donors (Lipinski definition) is 2. The molecule has 0 atom stereocenters. The van der Waals surface area contributed by atoms with Gasteiger partial charge in [0.2, 0.25) is 10.0 Å². The number of nitrogens with one attached hydrogen (secondary N) is 1. The minimum Gasteiger partial charge on any atom is -0.318 e. The number of nitro benzene ring substituents is 1. The molecular weight excluding hydrogens is 296 g/mol. The fourth-order valence-electron chi connectivity index (χ4n) is 2.32. The van der Waals surface area contributed by atoms with Crippen molar-refractivity contribution in [3.8, 4) is 0 Å². The van der Waals surface area contributed by atoms with E-state index in [-0.39, 0.29) is 16.3 Å². The molecule has 3 N–H and O–H groups in total. The van der Waals surface area contributed by atoms with Gasteiger partial charge in [-0.15, -0.1) is 0 Å². The van der Waals surface area contributed by atoms with Gasteiger partial charge in [0.15, 0.2) is 0 Å². The molecule has 1 aliphatic rings. The van der Waals surface area contributed by atoms with Crippen LogP contribution in [0.5, 0.6) is 0 Å². The maximum Gasteiger partial charge on any atom is 0.294 e. The van der Waals surface area contributed by atoms with Gasteiger partial charge in [0.25, 0.3) is 5.69 Å². The number of sulfonamides is 1. The van der Waals surface area contributed by atoms with Crippen LogP contribution in [0.4, 0.5) is 11.4 Å². The Balaban J connectivity index is 2.36. The van der Waals surface area contributed by atoms with E-state index in [9.17, 15) is 18.5 Å². The molecule has 2 rings (SSSR count). The Kier molecular flexibility index (Phi) is 4.45. The first-order valence-electron chi connectivity index (χ1n) is 6.61.